The maximum absolute atomic E-state index is 6.22. The third kappa shape index (κ3) is 3.29. The first kappa shape index (κ1) is 15.7. The smallest absolute Gasteiger partial charge is 0.0572 e. The van der Waals surface area contributed by atoms with E-state index in [9.17, 15) is 0 Å². The van der Waals surface area contributed by atoms with Crippen LogP contribution in [0, 0.1) is 0 Å². The van der Waals surface area contributed by atoms with Gasteiger partial charge >= 0.3 is 0 Å². The van der Waals surface area contributed by atoms with Crippen molar-refractivity contribution < 1.29 is 4.74 Å². The van der Waals surface area contributed by atoms with Gasteiger partial charge in [0.05, 0.1) is 6.10 Å². The number of hydrogen-bond acceptors (Lipinski definition) is 4. The van der Waals surface area contributed by atoms with Gasteiger partial charge in [0.15, 0.2) is 0 Å². The van der Waals surface area contributed by atoms with Crippen molar-refractivity contribution >= 4 is 0 Å². The van der Waals surface area contributed by atoms with Crippen molar-refractivity contribution in [1.82, 2.24) is 9.80 Å². The summed E-state index contributed by atoms with van der Waals surface area (Å²) in [6.07, 6.45) is 11.0. The molecule has 0 aromatic heterocycles. The summed E-state index contributed by atoms with van der Waals surface area (Å²) in [5, 5.41) is 0. The predicted octanol–water partition coefficient (Wildman–Crippen LogP) is 1.83. The molecule has 0 bridgehead atoms. The van der Waals surface area contributed by atoms with Gasteiger partial charge in [0.1, 0.15) is 0 Å². The summed E-state index contributed by atoms with van der Waals surface area (Å²) in [5.41, 5.74) is 6.48. The van der Waals surface area contributed by atoms with E-state index in [0.29, 0.717) is 6.10 Å². The number of nitrogens with two attached hydrogens (primary N) is 1. The van der Waals surface area contributed by atoms with E-state index in [0.717, 1.165) is 12.6 Å². The van der Waals surface area contributed by atoms with Gasteiger partial charge in [0.2, 0.25) is 0 Å². The fourth-order valence-corrected chi connectivity index (χ4v) is 4.84. The van der Waals surface area contributed by atoms with E-state index < -0.39 is 0 Å². The second kappa shape index (κ2) is 6.95. The maximum atomic E-state index is 6.22. The molecule has 0 amide bonds. The van der Waals surface area contributed by atoms with E-state index in [1.165, 1.54) is 77.5 Å². The number of nitrogens with zero attached hydrogens (tertiary/aromatic N) is 2. The van der Waals surface area contributed by atoms with Crippen molar-refractivity contribution in [3.8, 4) is 0 Å². The molecule has 0 radical (unpaired) electrons. The zero-order valence-corrected chi connectivity index (χ0v) is 13.7. The number of ether oxygens (including phenoxy) is 1. The van der Waals surface area contributed by atoms with Gasteiger partial charge in [0, 0.05) is 51.4 Å². The van der Waals surface area contributed by atoms with Crippen LogP contribution in [0.2, 0.25) is 0 Å². The van der Waals surface area contributed by atoms with E-state index in [4.69, 9.17) is 10.5 Å². The van der Waals surface area contributed by atoms with Crippen LogP contribution in [0.25, 0.3) is 0 Å². The van der Waals surface area contributed by atoms with Crippen LogP contribution < -0.4 is 5.73 Å². The van der Waals surface area contributed by atoms with Crippen LogP contribution >= 0.6 is 0 Å². The SMILES string of the molecule is COC1CCC(CN)(N2CCN(C3CCCC3)CC2)CC1. The Bertz CT molecular complexity index is 314. The first-order valence-corrected chi connectivity index (χ1v) is 8.99. The molecule has 4 heteroatoms. The molecular weight excluding hydrogens is 262 g/mol. The van der Waals surface area contributed by atoms with Crippen LogP contribution in [0.5, 0.6) is 0 Å². The van der Waals surface area contributed by atoms with Gasteiger partial charge in [-0.25, -0.2) is 0 Å². The molecule has 1 heterocycles. The lowest BCUT2D eigenvalue weighted by Gasteiger charge is -2.51. The lowest BCUT2D eigenvalue weighted by atomic mass is 9.78. The summed E-state index contributed by atoms with van der Waals surface area (Å²) in [4.78, 5) is 5.46. The summed E-state index contributed by atoms with van der Waals surface area (Å²) < 4.78 is 5.53. The minimum Gasteiger partial charge on any atom is -0.381 e. The summed E-state index contributed by atoms with van der Waals surface area (Å²) in [7, 11) is 1.85. The second-order valence-corrected chi connectivity index (χ2v) is 7.32. The molecule has 0 unspecified atom stereocenters. The Labute approximate surface area is 130 Å². The quantitative estimate of drug-likeness (QED) is 0.859. The van der Waals surface area contributed by atoms with Crippen molar-refractivity contribution in [3.63, 3.8) is 0 Å². The average Bonchev–Trinajstić information content (AvgIpc) is 3.09. The normalized spacial score (nSPS) is 37.1. The van der Waals surface area contributed by atoms with Gasteiger partial charge in [0.25, 0.3) is 0 Å². The third-order valence-corrected chi connectivity index (χ3v) is 6.40. The van der Waals surface area contributed by atoms with Crippen molar-refractivity contribution in [2.75, 3.05) is 39.8 Å². The maximum Gasteiger partial charge on any atom is 0.0572 e. The molecule has 0 spiro atoms. The summed E-state index contributed by atoms with van der Waals surface area (Å²) in [5.74, 6) is 0. The molecule has 3 aliphatic rings. The van der Waals surface area contributed by atoms with Crippen LogP contribution in [0.4, 0.5) is 0 Å². The van der Waals surface area contributed by atoms with Gasteiger partial charge < -0.3 is 10.5 Å². The Morgan fingerprint density at radius 2 is 1.62 bits per heavy atom. The zero-order valence-electron chi connectivity index (χ0n) is 13.7. The van der Waals surface area contributed by atoms with E-state index in [1.807, 2.05) is 7.11 Å². The molecule has 3 rings (SSSR count). The number of hydrogen-bond donors (Lipinski definition) is 1. The van der Waals surface area contributed by atoms with Crippen molar-refractivity contribution in [2.45, 2.75) is 69.1 Å². The standard InChI is InChI=1S/C17H33N3O/c1-21-16-6-8-17(14-18,9-7-16)20-12-10-19(11-13-20)15-4-2-3-5-15/h15-16H,2-14,18H2,1H3. The van der Waals surface area contributed by atoms with Gasteiger partial charge in [-0.15, -0.1) is 0 Å². The van der Waals surface area contributed by atoms with E-state index in [2.05, 4.69) is 9.80 Å². The highest BCUT2D eigenvalue weighted by molar-refractivity contribution is 4.98. The minimum absolute atomic E-state index is 0.261. The molecule has 122 valence electrons. The highest BCUT2D eigenvalue weighted by Gasteiger charge is 2.41. The Hall–Kier alpha value is -0.160. The van der Waals surface area contributed by atoms with Crippen LogP contribution in [0.1, 0.15) is 51.4 Å². The summed E-state index contributed by atoms with van der Waals surface area (Å²) >= 11 is 0. The lowest BCUT2D eigenvalue weighted by Crippen LogP contribution is -2.62. The summed E-state index contributed by atoms with van der Waals surface area (Å²) in [6, 6.07) is 0.880. The van der Waals surface area contributed by atoms with Gasteiger partial charge in [-0.3, -0.25) is 9.80 Å². The molecular formula is C17H33N3O. The molecule has 4 nitrogen and oxygen atoms in total. The lowest BCUT2D eigenvalue weighted by molar-refractivity contribution is -0.0315. The number of rotatable bonds is 4. The van der Waals surface area contributed by atoms with E-state index >= 15 is 0 Å². The Morgan fingerprint density at radius 3 is 2.14 bits per heavy atom. The van der Waals surface area contributed by atoms with Gasteiger partial charge in [-0.1, -0.05) is 12.8 Å². The third-order valence-electron chi connectivity index (χ3n) is 6.40. The van der Waals surface area contributed by atoms with E-state index in [1.54, 1.807) is 0 Å². The molecule has 2 aliphatic carbocycles. The fourth-order valence-electron chi connectivity index (χ4n) is 4.84. The molecule has 3 fully saturated rings. The van der Waals surface area contributed by atoms with Crippen LogP contribution in [0.15, 0.2) is 0 Å². The Kier molecular flexibility index (Phi) is 5.20. The Morgan fingerprint density at radius 1 is 1.00 bits per heavy atom. The van der Waals surface area contributed by atoms with Crippen LogP contribution in [0.3, 0.4) is 0 Å². The highest BCUT2D eigenvalue weighted by atomic mass is 16.5. The van der Waals surface area contributed by atoms with Gasteiger partial charge in [-0.05, 0) is 38.5 Å². The molecule has 21 heavy (non-hydrogen) atoms. The topological polar surface area (TPSA) is 41.7 Å². The summed E-state index contributed by atoms with van der Waals surface area (Å²) in [6.45, 7) is 5.74. The van der Waals surface area contributed by atoms with Crippen molar-refractivity contribution in [1.29, 1.82) is 0 Å². The predicted molar refractivity (Wildman–Crippen MR) is 86.5 cm³/mol. The molecule has 0 aromatic rings. The largest absolute Gasteiger partial charge is 0.381 e. The molecule has 2 saturated carbocycles. The number of methoxy groups -OCH3 is 1. The van der Waals surface area contributed by atoms with Crippen molar-refractivity contribution in [3.05, 3.63) is 0 Å². The average molecular weight is 295 g/mol. The van der Waals surface area contributed by atoms with Crippen LogP contribution in [-0.2, 0) is 4.74 Å². The monoisotopic (exact) mass is 295 g/mol. The van der Waals surface area contributed by atoms with Gasteiger partial charge in [-0.2, -0.15) is 0 Å². The first-order valence-electron chi connectivity index (χ1n) is 8.99. The fraction of sp³-hybridized carbons (Fsp3) is 1.00. The van der Waals surface area contributed by atoms with E-state index in [-0.39, 0.29) is 5.54 Å². The number of piperazine rings is 1. The molecule has 0 atom stereocenters. The minimum atomic E-state index is 0.261. The molecule has 2 N–H and O–H groups in total. The second-order valence-electron chi connectivity index (χ2n) is 7.32. The molecule has 0 aromatic carbocycles. The first-order chi connectivity index (χ1) is 10.3. The highest BCUT2D eigenvalue weighted by Crippen LogP contribution is 2.35. The molecule has 1 aliphatic heterocycles. The van der Waals surface area contributed by atoms with Crippen molar-refractivity contribution in [2.24, 2.45) is 5.73 Å². The Balaban J connectivity index is 1.54. The van der Waals surface area contributed by atoms with Crippen LogP contribution in [-0.4, -0.2) is 67.3 Å². The molecule has 1 saturated heterocycles. The zero-order chi connectivity index (χ0) is 14.7.